The van der Waals surface area contributed by atoms with Crippen molar-refractivity contribution in [2.75, 3.05) is 5.32 Å². The molecule has 1 aliphatic rings. The molecule has 3 rings (SSSR count). The molecule has 0 aliphatic carbocycles. The number of rotatable bonds is 3. The minimum absolute atomic E-state index is 0.0523. The zero-order valence-electron chi connectivity index (χ0n) is 11.6. The number of anilines is 1. The van der Waals surface area contributed by atoms with E-state index in [1.165, 1.54) is 0 Å². The first-order valence-corrected chi connectivity index (χ1v) is 8.30. The Hall–Kier alpha value is -2.14. The summed E-state index contributed by atoms with van der Waals surface area (Å²) in [6.45, 7) is 1.92. The molecule has 0 saturated carbocycles. The van der Waals surface area contributed by atoms with Crippen molar-refractivity contribution < 1.29 is 13.2 Å². The van der Waals surface area contributed by atoms with Crippen LogP contribution in [-0.2, 0) is 26.8 Å². The molecule has 2 aromatic carbocycles. The predicted molar refractivity (Wildman–Crippen MR) is 80.8 cm³/mol. The molecule has 0 aromatic heterocycles. The molecular weight excluding hydrogens is 286 g/mol. The standard InChI is InChI=1S/C16H15NO3S/c1-11-2-5-14(6-3-11)21(19,20)10-12-4-7-15-13(8-12)9-16(18)17-15/h2-8H,9-10H2,1H3,(H,17,18). The van der Waals surface area contributed by atoms with E-state index in [1.807, 2.05) is 6.92 Å². The van der Waals surface area contributed by atoms with Gasteiger partial charge in [0, 0.05) is 5.69 Å². The van der Waals surface area contributed by atoms with Crippen LogP contribution in [0.1, 0.15) is 16.7 Å². The number of aryl methyl sites for hydroxylation is 1. The Balaban J connectivity index is 1.88. The Bertz CT molecular complexity index is 808. The lowest BCUT2D eigenvalue weighted by molar-refractivity contribution is -0.115. The van der Waals surface area contributed by atoms with E-state index in [9.17, 15) is 13.2 Å². The Morgan fingerprint density at radius 1 is 1.10 bits per heavy atom. The molecule has 108 valence electrons. The largest absolute Gasteiger partial charge is 0.326 e. The monoisotopic (exact) mass is 301 g/mol. The van der Waals surface area contributed by atoms with Crippen LogP contribution in [0.3, 0.4) is 0 Å². The van der Waals surface area contributed by atoms with Gasteiger partial charge in [0.25, 0.3) is 0 Å². The van der Waals surface area contributed by atoms with Crippen molar-refractivity contribution in [3.8, 4) is 0 Å². The van der Waals surface area contributed by atoms with Gasteiger partial charge in [0.1, 0.15) is 0 Å². The number of hydrogen-bond acceptors (Lipinski definition) is 3. The molecule has 21 heavy (non-hydrogen) atoms. The van der Waals surface area contributed by atoms with E-state index in [1.54, 1.807) is 42.5 Å². The van der Waals surface area contributed by atoms with Crippen molar-refractivity contribution in [1.82, 2.24) is 0 Å². The normalized spacial score (nSPS) is 13.9. The van der Waals surface area contributed by atoms with Crippen LogP contribution < -0.4 is 5.32 Å². The summed E-state index contributed by atoms with van der Waals surface area (Å²) >= 11 is 0. The minimum atomic E-state index is -3.37. The van der Waals surface area contributed by atoms with Crippen LogP contribution in [0, 0.1) is 6.92 Å². The fraction of sp³-hybridized carbons (Fsp3) is 0.188. The molecule has 1 heterocycles. The van der Waals surface area contributed by atoms with Crippen molar-refractivity contribution >= 4 is 21.4 Å². The van der Waals surface area contributed by atoms with E-state index >= 15 is 0 Å². The molecule has 1 N–H and O–H groups in total. The summed E-state index contributed by atoms with van der Waals surface area (Å²) in [5.41, 5.74) is 3.36. The van der Waals surface area contributed by atoms with Gasteiger partial charge in [-0.3, -0.25) is 4.79 Å². The number of benzene rings is 2. The van der Waals surface area contributed by atoms with Gasteiger partial charge in [0.2, 0.25) is 5.91 Å². The van der Waals surface area contributed by atoms with Gasteiger partial charge in [-0.25, -0.2) is 8.42 Å². The van der Waals surface area contributed by atoms with Gasteiger partial charge < -0.3 is 5.32 Å². The van der Waals surface area contributed by atoms with Crippen molar-refractivity contribution in [2.24, 2.45) is 0 Å². The maximum atomic E-state index is 12.4. The van der Waals surface area contributed by atoms with Crippen molar-refractivity contribution in [3.63, 3.8) is 0 Å². The minimum Gasteiger partial charge on any atom is -0.326 e. The number of amides is 1. The van der Waals surface area contributed by atoms with Gasteiger partial charge in [0.15, 0.2) is 9.84 Å². The molecule has 0 atom stereocenters. The van der Waals surface area contributed by atoms with E-state index < -0.39 is 9.84 Å². The summed E-state index contributed by atoms with van der Waals surface area (Å²) in [6, 6.07) is 12.1. The second-order valence-electron chi connectivity index (χ2n) is 5.29. The van der Waals surface area contributed by atoms with E-state index in [-0.39, 0.29) is 11.7 Å². The molecule has 0 spiro atoms. The van der Waals surface area contributed by atoms with Crippen molar-refractivity contribution in [1.29, 1.82) is 0 Å². The van der Waals surface area contributed by atoms with Crippen LogP contribution in [-0.4, -0.2) is 14.3 Å². The molecule has 0 bridgehead atoms. The predicted octanol–water partition coefficient (Wildman–Crippen LogP) is 2.46. The Morgan fingerprint density at radius 2 is 1.81 bits per heavy atom. The van der Waals surface area contributed by atoms with E-state index in [4.69, 9.17) is 0 Å². The summed E-state index contributed by atoms with van der Waals surface area (Å²) in [4.78, 5) is 11.6. The Labute approximate surface area is 123 Å². The average Bonchev–Trinajstić information content (AvgIpc) is 2.78. The van der Waals surface area contributed by atoms with Crippen LogP contribution in [0.4, 0.5) is 5.69 Å². The maximum absolute atomic E-state index is 12.4. The highest BCUT2D eigenvalue weighted by Gasteiger charge is 2.20. The topological polar surface area (TPSA) is 63.2 Å². The lowest BCUT2D eigenvalue weighted by atomic mass is 10.1. The Kier molecular flexibility index (Phi) is 3.29. The SMILES string of the molecule is Cc1ccc(S(=O)(=O)Cc2ccc3c(c2)CC(=O)N3)cc1. The van der Waals surface area contributed by atoms with E-state index in [0.29, 0.717) is 16.9 Å². The molecular formula is C16H15NO3S. The molecule has 0 radical (unpaired) electrons. The third-order valence-corrected chi connectivity index (χ3v) is 5.24. The van der Waals surface area contributed by atoms with E-state index in [0.717, 1.165) is 16.8 Å². The van der Waals surface area contributed by atoms with Crippen molar-refractivity contribution in [3.05, 3.63) is 59.2 Å². The third kappa shape index (κ3) is 2.83. The smallest absolute Gasteiger partial charge is 0.228 e. The van der Waals surface area contributed by atoms with Gasteiger partial charge in [0.05, 0.1) is 17.1 Å². The van der Waals surface area contributed by atoms with Crippen LogP contribution in [0.15, 0.2) is 47.4 Å². The first kappa shape index (κ1) is 13.8. The van der Waals surface area contributed by atoms with Gasteiger partial charge in [-0.15, -0.1) is 0 Å². The highest BCUT2D eigenvalue weighted by atomic mass is 32.2. The zero-order chi connectivity index (χ0) is 15.0. The summed E-state index contributed by atoms with van der Waals surface area (Å²) < 4.78 is 24.8. The first-order valence-electron chi connectivity index (χ1n) is 6.65. The molecule has 1 amide bonds. The van der Waals surface area contributed by atoms with Gasteiger partial charge in [-0.05, 0) is 36.2 Å². The Morgan fingerprint density at radius 3 is 2.52 bits per heavy atom. The molecule has 0 fully saturated rings. The van der Waals surface area contributed by atoms with Crippen molar-refractivity contribution in [2.45, 2.75) is 24.0 Å². The van der Waals surface area contributed by atoms with Gasteiger partial charge >= 0.3 is 0 Å². The number of hydrogen-bond donors (Lipinski definition) is 1. The zero-order valence-corrected chi connectivity index (χ0v) is 12.4. The van der Waals surface area contributed by atoms with Gasteiger partial charge in [-0.1, -0.05) is 29.8 Å². The average molecular weight is 301 g/mol. The van der Waals surface area contributed by atoms with Crippen LogP contribution >= 0.6 is 0 Å². The summed E-state index contributed by atoms with van der Waals surface area (Å²) in [5, 5.41) is 2.74. The number of carbonyl (C=O) groups is 1. The highest BCUT2D eigenvalue weighted by molar-refractivity contribution is 7.90. The van der Waals surface area contributed by atoms with Crippen LogP contribution in [0.25, 0.3) is 0 Å². The van der Waals surface area contributed by atoms with Gasteiger partial charge in [-0.2, -0.15) is 0 Å². The molecule has 1 aliphatic heterocycles. The summed E-state index contributed by atoms with van der Waals surface area (Å²) in [5.74, 6) is -0.110. The maximum Gasteiger partial charge on any atom is 0.228 e. The number of sulfone groups is 1. The second-order valence-corrected chi connectivity index (χ2v) is 7.28. The van der Waals surface area contributed by atoms with Crippen LogP contribution in [0.2, 0.25) is 0 Å². The lowest BCUT2D eigenvalue weighted by Gasteiger charge is -2.07. The molecule has 0 saturated heterocycles. The summed E-state index contributed by atoms with van der Waals surface area (Å²) in [7, 11) is -3.37. The number of nitrogens with one attached hydrogen (secondary N) is 1. The fourth-order valence-corrected chi connectivity index (χ4v) is 3.76. The fourth-order valence-electron chi connectivity index (χ4n) is 2.42. The van der Waals surface area contributed by atoms with Crippen LogP contribution in [0.5, 0.6) is 0 Å². The van der Waals surface area contributed by atoms with E-state index in [2.05, 4.69) is 5.32 Å². The highest BCUT2D eigenvalue weighted by Crippen LogP contribution is 2.26. The molecule has 2 aromatic rings. The lowest BCUT2D eigenvalue weighted by Crippen LogP contribution is -2.05. The first-order chi connectivity index (χ1) is 9.94. The number of fused-ring (bicyclic) bond motifs is 1. The number of carbonyl (C=O) groups excluding carboxylic acids is 1. The summed E-state index contributed by atoms with van der Waals surface area (Å²) in [6.07, 6.45) is 0.313. The molecule has 5 heteroatoms. The third-order valence-electron chi connectivity index (χ3n) is 3.53. The quantitative estimate of drug-likeness (QED) is 0.947. The molecule has 0 unspecified atom stereocenters. The molecule has 4 nitrogen and oxygen atoms in total. The second kappa shape index (κ2) is 5.00.